The maximum Gasteiger partial charge on any atom is 0.206 e. The van der Waals surface area contributed by atoms with Crippen LogP contribution in [0.1, 0.15) is 16.3 Å². The minimum absolute atomic E-state index is 0.216. The van der Waals surface area contributed by atoms with Gasteiger partial charge in [-0.1, -0.05) is 17.7 Å². The van der Waals surface area contributed by atoms with Crippen molar-refractivity contribution in [2.75, 3.05) is 5.43 Å². The molecule has 2 aromatic carbocycles. The van der Waals surface area contributed by atoms with E-state index in [1.807, 2.05) is 19.2 Å². The van der Waals surface area contributed by atoms with E-state index in [1.54, 1.807) is 36.4 Å². The van der Waals surface area contributed by atoms with Gasteiger partial charge >= 0.3 is 0 Å². The van der Waals surface area contributed by atoms with Crippen LogP contribution >= 0.6 is 11.3 Å². The van der Waals surface area contributed by atoms with Crippen molar-refractivity contribution in [3.05, 3.63) is 76.4 Å². The Bertz CT molecular complexity index is 1140. The molecule has 142 valence electrons. The van der Waals surface area contributed by atoms with E-state index in [1.165, 1.54) is 29.7 Å². The third-order valence-electron chi connectivity index (χ3n) is 3.90. The Kier molecular flexibility index (Phi) is 5.78. The first-order chi connectivity index (χ1) is 13.4. The molecule has 0 aliphatic rings. The van der Waals surface area contributed by atoms with Crippen LogP contribution in [0.5, 0.6) is 0 Å². The second-order valence-electron chi connectivity index (χ2n) is 6.07. The first kappa shape index (κ1) is 19.6. The molecule has 28 heavy (non-hydrogen) atoms. The average Bonchev–Trinajstić information content (AvgIpc) is 3.12. The third kappa shape index (κ3) is 4.39. The van der Waals surface area contributed by atoms with E-state index in [4.69, 9.17) is 0 Å². The Balaban J connectivity index is 1.70. The van der Waals surface area contributed by atoms with Gasteiger partial charge in [0.2, 0.25) is 9.84 Å². The topological polar surface area (TPSA) is 94.9 Å². The van der Waals surface area contributed by atoms with Gasteiger partial charge in [0, 0.05) is 17.3 Å². The van der Waals surface area contributed by atoms with Gasteiger partial charge in [0.05, 0.1) is 15.5 Å². The standard InChI is InChI=1S/C20H18N4O2S2/c1-14-3-7-18(8-4-14)28(25,26)19-9-5-17(6-10-19)24-22-12-16(11-21)20-23-15(2)13-27-20/h3-10,12-13,22,24H,1-2H3/b16-12+. The van der Waals surface area contributed by atoms with Gasteiger partial charge in [0.15, 0.2) is 0 Å². The van der Waals surface area contributed by atoms with Gasteiger partial charge in [-0.2, -0.15) is 5.26 Å². The SMILES string of the molecule is Cc1ccc(S(=O)(=O)c2ccc(NN/C=C(\C#N)c3nc(C)cs3)cc2)cc1. The Hall–Kier alpha value is -3.15. The molecule has 0 aliphatic heterocycles. The van der Waals surface area contributed by atoms with Crippen molar-refractivity contribution in [1.82, 2.24) is 10.4 Å². The number of aryl methyl sites for hydroxylation is 2. The Morgan fingerprint density at radius 2 is 1.68 bits per heavy atom. The van der Waals surface area contributed by atoms with Crippen LogP contribution < -0.4 is 10.9 Å². The first-order valence-corrected chi connectivity index (χ1v) is 10.7. The van der Waals surface area contributed by atoms with Crippen molar-refractivity contribution in [3.63, 3.8) is 0 Å². The molecule has 0 unspecified atom stereocenters. The number of rotatable bonds is 6. The van der Waals surface area contributed by atoms with Crippen LogP contribution in [0.2, 0.25) is 0 Å². The van der Waals surface area contributed by atoms with Crippen molar-refractivity contribution < 1.29 is 8.42 Å². The number of sulfone groups is 1. The monoisotopic (exact) mass is 410 g/mol. The number of nitrogens with one attached hydrogen (secondary N) is 2. The van der Waals surface area contributed by atoms with Gasteiger partial charge < -0.3 is 10.9 Å². The van der Waals surface area contributed by atoms with Crippen molar-refractivity contribution >= 4 is 32.4 Å². The van der Waals surface area contributed by atoms with Crippen molar-refractivity contribution in [3.8, 4) is 6.07 Å². The molecule has 0 radical (unpaired) electrons. The molecule has 0 bridgehead atoms. The summed E-state index contributed by atoms with van der Waals surface area (Å²) >= 11 is 1.40. The van der Waals surface area contributed by atoms with Gasteiger partial charge in [-0.15, -0.1) is 11.3 Å². The van der Waals surface area contributed by atoms with Crippen LogP contribution in [0.15, 0.2) is 69.9 Å². The van der Waals surface area contributed by atoms with Crippen LogP contribution in [-0.4, -0.2) is 13.4 Å². The maximum atomic E-state index is 12.7. The van der Waals surface area contributed by atoms with Gasteiger partial charge in [-0.05, 0) is 50.2 Å². The quantitative estimate of drug-likeness (QED) is 0.470. The summed E-state index contributed by atoms with van der Waals surface area (Å²) < 4.78 is 25.3. The fraction of sp³-hybridized carbons (Fsp3) is 0.100. The number of anilines is 1. The molecular weight excluding hydrogens is 392 g/mol. The number of allylic oxidation sites excluding steroid dienone is 1. The first-order valence-electron chi connectivity index (χ1n) is 8.36. The van der Waals surface area contributed by atoms with Crippen LogP contribution in [0.3, 0.4) is 0 Å². The number of nitriles is 1. The van der Waals surface area contributed by atoms with Crippen molar-refractivity contribution in [1.29, 1.82) is 5.26 Å². The molecule has 0 amide bonds. The fourth-order valence-corrected chi connectivity index (χ4v) is 4.41. The van der Waals surface area contributed by atoms with Crippen LogP contribution in [0.4, 0.5) is 5.69 Å². The highest BCUT2D eigenvalue weighted by Gasteiger charge is 2.17. The summed E-state index contributed by atoms with van der Waals surface area (Å²) in [5.41, 5.74) is 8.68. The number of hydrogen-bond acceptors (Lipinski definition) is 7. The minimum Gasteiger partial charge on any atom is -0.307 e. The summed E-state index contributed by atoms with van der Waals surface area (Å²) in [5.74, 6) is 0. The van der Waals surface area contributed by atoms with E-state index in [-0.39, 0.29) is 9.79 Å². The molecule has 0 aliphatic carbocycles. The zero-order chi connectivity index (χ0) is 20.1. The number of hydrogen-bond donors (Lipinski definition) is 2. The van der Waals surface area contributed by atoms with E-state index in [9.17, 15) is 13.7 Å². The molecule has 3 rings (SSSR count). The molecule has 8 heteroatoms. The molecule has 0 saturated heterocycles. The lowest BCUT2D eigenvalue weighted by Crippen LogP contribution is -2.15. The van der Waals surface area contributed by atoms with Crippen molar-refractivity contribution in [2.24, 2.45) is 0 Å². The van der Waals surface area contributed by atoms with Crippen molar-refractivity contribution in [2.45, 2.75) is 23.6 Å². The molecule has 0 spiro atoms. The second kappa shape index (κ2) is 8.25. The lowest BCUT2D eigenvalue weighted by atomic mass is 10.2. The second-order valence-corrected chi connectivity index (χ2v) is 8.88. The van der Waals surface area contributed by atoms with Crippen LogP contribution in [-0.2, 0) is 9.84 Å². The van der Waals surface area contributed by atoms with E-state index in [0.29, 0.717) is 16.3 Å². The highest BCUT2D eigenvalue weighted by atomic mass is 32.2. The summed E-state index contributed by atoms with van der Waals surface area (Å²) in [4.78, 5) is 4.75. The van der Waals surface area contributed by atoms with E-state index < -0.39 is 9.84 Å². The largest absolute Gasteiger partial charge is 0.307 e. The molecule has 0 atom stereocenters. The molecule has 3 aromatic rings. The molecule has 6 nitrogen and oxygen atoms in total. The summed E-state index contributed by atoms with van der Waals surface area (Å²) in [7, 11) is -3.55. The van der Waals surface area contributed by atoms with Crippen LogP contribution in [0.25, 0.3) is 5.57 Å². The summed E-state index contributed by atoms with van der Waals surface area (Å²) in [5, 5.41) is 11.8. The normalized spacial score (nSPS) is 11.7. The summed E-state index contributed by atoms with van der Waals surface area (Å²) in [6.45, 7) is 3.78. The van der Waals surface area contributed by atoms with E-state index in [0.717, 1.165) is 11.3 Å². The number of thiazole rings is 1. The Morgan fingerprint density at radius 3 is 2.21 bits per heavy atom. The molecule has 2 N–H and O–H groups in total. The van der Waals surface area contributed by atoms with E-state index in [2.05, 4.69) is 21.9 Å². The van der Waals surface area contributed by atoms with Gasteiger partial charge in [-0.3, -0.25) is 0 Å². The Labute approximate surface area is 168 Å². The zero-order valence-corrected chi connectivity index (χ0v) is 16.9. The lowest BCUT2D eigenvalue weighted by molar-refractivity contribution is 0.596. The minimum atomic E-state index is -3.55. The van der Waals surface area contributed by atoms with Gasteiger partial charge in [0.1, 0.15) is 16.6 Å². The zero-order valence-electron chi connectivity index (χ0n) is 15.3. The molecular formula is C20H18N4O2S2. The molecule has 0 fully saturated rings. The number of aromatic nitrogens is 1. The van der Waals surface area contributed by atoms with Gasteiger partial charge in [-0.25, -0.2) is 13.4 Å². The predicted octanol–water partition coefficient (Wildman–Crippen LogP) is 4.07. The fourth-order valence-electron chi connectivity index (χ4n) is 2.38. The average molecular weight is 411 g/mol. The molecule has 0 saturated carbocycles. The third-order valence-corrected chi connectivity index (χ3v) is 6.68. The number of hydrazine groups is 1. The summed E-state index contributed by atoms with van der Waals surface area (Å²) in [6, 6.07) is 15.2. The van der Waals surface area contributed by atoms with E-state index >= 15 is 0 Å². The predicted molar refractivity (Wildman–Crippen MR) is 110 cm³/mol. The molecule has 1 aromatic heterocycles. The highest BCUT2D eigenvalue weighted by Crippen LogP contribution is 2.22. The number of benzene rings is 2. The molecule has 1 heterocycles. The Morgan fingerprint density at radius 1 is 1.07 bits per heavy atom. The van der Waals surface area contributed by atoms with Gasteiger partial charge in [0.25, 0.3) is 0 Å². The number of nitrogens with zero attached hydrogens (tertiary/aromatic N) is 2. The van der Waals surface area contributed by atoms with Crippen LogP contribution in [0, 0.1) is 25.2 Å². The lowest BCUT2D eigenvalue weighted by Gasteiger charge is -2.08. The highest BCUT2D eigenvalue weighted by molar-refractivity contribution is 7.91. The smallest absolute Gasteiger partial charge is 0.206 e. The summed E-state index contributed by atoms with van der Waals surface area (Å²) in [6.07, 6.45) is 1.52. The maximum absolute atomic E-state index is 12.7.